The Morgan fingerprint density at radius 2 is 1.53 bits per heavy atom. The summed E-state index contributed by atoms with van der Waals surface area (Å²) < 4.78 is 0. The molecule has 1 aliphatic carbocycles. The van der Waals surface area contributed by atoms with Crippen LogP contribution in [0.4, 0.5) is 17.3 Å². The Bertz CT molecular complexity index is 1570. The Balaban J connectivity index is 1.27. The van der Waals surface area contributed by atoms with E-state index >= 15 is 0 Å². The number of benzene rings is 3. The first-order valence-electron chi connectivity index (χ1n) is 15.4. The molecule has 1 aliphatic rings. The highest BCUT2D eigenvalue weighted by Crippen LogP contribution is 2.32. The fraction of sp³-hybridized carbons (Fsp3) is 0.316. The molecule has 5 nitrogen and oxygen atoms in total. The fourth-order valence-electron chi connectivity index (χ4n) is 5.79. The van der Waals surface area contributed by atoms with Gasteiger partial charge in [0, 0.05) is 47.6 Å². The lowest BCUT2D eigenvalue weighted by Crippen LogP contribution is -2.31. The van der Waals surface area contributed by atoms with Gasteiger partial charge in [-0.25, -0.2) is 9.97 Å². The van der Waals surface area contributed by atoms with Gasteiger partial charge in [-0.2, -0.15) is 0 Å². The summed E-state index contributed by atoms with van der Waals surface area (Å²) in [5.41, 5.74) is 10.5. The van der Waals surface area contributed by atoms with Gasteiger partial charge < -0.3 is 15.5 Å². The molecule has 0 saturated heterocycles. The summed E-state index contributed by atoms with van der Waals surface area (Å²) in [7, 11) is 2.18. The highest BCUT2D eigenvalue weighted by atomic mass is 15.1. The monoisotopic (exact) mass is 571 g/mol. The maximum atomic E-state index is 4.86. The molecule has 0 atom stereocenters. The summed E-state index contributed by atoms with van der Waals surface area (Å²) in [5.74, 6) is 0.560. The van der Waals surface area contributed by atoms with Crippen molar-refractivity contribution in [1.82, 2.24) is 14.9 Å². The van der Waals surface area contributed by atoms with E-state index in [0.29, 0.717) is 12.0 Å². The van der Waals surface area contributed by atoms with Crippen LogP contribution in [0.15, 0.2) is 92.2 Å². The fourth-order valence-corrected chi connectivity index (χ4v) is 5.79. The minimum absolute atomic E-state index is 0.118. The number of anilines is 3. The van der Waals surface area contributed by atoms with E-state index in [-0.39, 0.29) is 5.41 Å². The van der Waals surface area contributed by atoms with Crippen LogP contribution in [0.3, 0.4) is 0 Å². The van der Waals surface area contributed by atoms with E-state index in [1.165, 1.54) is 37.7 Å². The van der Waals surface area contributed by atoms with Gasteiger partial charge in [-0.15, -0.1) is 0 Å². The van der Waals surface area contributed by atoms with Crippen LogP contribution in [0.5, 0.6) is 0 Å². The van der Waals surface area contributed by atoms with Gasteiger partial charge >= 0.3 is 0 Å². The Morgan fingerprint density at radius 3 is 2.21 bits per heavy atom. The number of rotatable bonds is 9. The topological polar surface area (TPSA) is 53.1 Å². The number of hydrogen-bond acceptors (Lipinski definition) is 5. The molecule has 222 valence electrons. The smallest absolute Gasteiger partial charge is 0.227 e. The molecule has 0 unspecified atom stereocenters. The van der Waals surface area contributed by atoms with E-state index in [1.54, 1.807) is 6.20 Å². The maximum absolute atomic E-state index is 4.86. The van der Waals surface area contributed by atoms with Crippen LogP contribution >= 0.6 is 0 Å². The molecule has 1 fully saturated rings. The molecule has 0 bridgehead atoms. The van der Waals surface area contributed by atoms with Gasteiger partial charge in [0.15, 0.2) is 0 Å². The molecule has 4 aromatic rings. The Morgan fingerprint density at radius 1 is 0.860 bits per heavy atom. The first-order chi connectivity index (χ1) is 20.6. The van der Waals surface area contributed by atoms with Gasteiger partial charge in [-0.3, -0.25) is 0 Å². The molecule has 0 aliphatic heterocycles. The summed E-state index contributed by atoms with van der Waals surface area (Å²) in [6, 6.07) is 25.8. The summed E-state index contributed by atoms with van der Waals surface area (Å²) in [5, 5.41) is 6.91. The lowest BCUT2D eigenvalue weighted by molar-refractivity contribution is 0.267. The molecule has 0 amide bonds. The molecule has 0 spiro atoms. The third-order valence-electron chi connectivity index (χ3n) is 8.67. The van der Waals surface area contributed by atoms with E-state index in [4.69, 9.17) is 4.98 Å². The van der Waals surface area contributed by atoms with Crippen molar-refractivity contribution in [1.29, 1.82) is 0 Å². The first-order valence-corrected chi connectivity index (χ1v) is 15.4. The molecule has 5 heteroatoms. The highest BCUT2D eigenvalue weighted by molar-refractivity contribution is 5.81. The van der Waals surface area contributed by atoms with Crippen LogP contribution in [0, 0.1) is 6.92 Å². The average Bonchev–Trinajstić information content (AvgIpc) is 3.02. The van der Waals surface area contributed by atoms with Crippen LogP contribution in [0.25, 0.3) is 22.7 Å². The van der Waals surface area contributed by atoms with Crippen LogP contribution in [-0.2, 0) is 5.41 Å². The van der Waals surface area contributed by atoms with Gasteiger partial charge in [0.2, 0.25) is 5.95 Å². The molecule has 43 heavy (non-hydrogen) atoms. The van der Waals surface area contributed by atoms with Crippen LogP contribution in [0.2, 0.25) is 0 Å². The molecule has 3 aromatic carbocycles. The second-order valence-electron chi connectivity index (χ2n) is 12.7. The second kappa shape index (κ2) is 12.9. The maximum Gasteiger partial charge on any atom is 0.227 e. The number of hydrogen-bond donors (Lipinski definition) is 2. The summed E-state index contributed by atoms with van der Waals surface area (Å²) in [4.78, 5) is 11.7. The van der Waals surface area contributed by atoms with E-state index in [9.17, 15) is 0 Å². The van der Waals surface area contributed by atoms with Crippen molar-refractivity contribution in [2.24, 2.45) is 0 Å². The number of aromatic nitrogens is 2. The van der Waals surface area contributed by atoms with E-state index in [1.807, 2.05) is 12.1 Å². The van der Waals surface area contributed by atoms with Crippen molar-refractivity contribution in [3.05, 3.63) is 114 Å². The predicted molar refractivity (Wildman–Crippen MR) is 183 cm³/mol. The molecule has 2 N–H and O–H groups in total. The highest BCUT2D eigenvalue weighted by Gasteiger charge is 2.20. The zero-order chi connectivity index (χ0) is 30.6. The number of nitrogens with zero attached hydrogens (tertiary/aromatic N) is 3. The quantitative estimate of drug-likeness (QED) is 0.209. The van der Waals surface area contributed by atoms with E-state index in [0.717, 1.165) is 50.7 Å². The van der Waals surface area contributed by atoms with Crippen LogP contribution < -0.4 is 10.6 Å². The Kier molecular flexibility index (Phi) is 9.00. The zero-order valence-electron chi connectivity index (χ0n) is 26.4. The summed E-state index contributed by atoms with van der Waals surface area (Å²) in [6.07, 6.45) is 8.28. The predicted octanol–water partition coefficient (Wildman–Crippen LogP) is 9.81. The van der Waals surface area contributed by atoms with Crippen molar-refractivity contribution in [2.45, 2.75) is 71.3 Å². The van der Waals surface area contributed by atoms with Crippen molar-refractivity contribution in [3.8, 4) is 11.3 Å². The Hall–Kier alpha value is -4.38. The molecule has 1 aromatic heterocycles. The van der Waals surface area contributed by atoms with E-state index in [2.05, 4.69) is 129 Å². The normalized spacial score (nSPS) is 13.8. The molecule has 0 radical (unpaired) electrons. The second-order valence-corrected chi connectivity index (χ2v) is 12.7. The van der Waals surface area contributed by atoms with Gasteiger partial charge in [-0.1, -0.05) is 102 Å². The van der Waals surface area contributed by atoms with Crippen molar-refractivity contribution >= 4 is 28.7 Å². The SMILES string of the molecule is C=C(Nc1cccc(-c2ccnc(Nc3ccc(C(=C)N(C)C4CCCCC4)cc3)n2)c1C)c1ccc(C(C)(C)C)cc1. The van der Waals surface area contributed by atoms with Crippen LogP contribution in [-0.4, -0.2) is 28.0 Å². The first kappa shape index (κ1) is 30.1. The summed E-state index contributed by atoms with van der Waals surface area (Å²) >= 11 is 0. The Labute approximate surface area is 257 Å². The van der Waals surface area contributed by atoms with Gasteiger partial charge in [0.25, 0.3) is 0 Å². The number of nitrogens with one attached hydrogen (secondary N) is 2. The van der Waals surface area contributed by atoms with Gasteiger partial charge in [0.1, 0.15) is 0 Å². The van der Waals surface area contributed by atoms with Gasteiger partial charge in [-0.05, 0) is 71.7 Å². The average molecular weight is 572 g/mol. The third kappa shape index (κ3) is 7.16. The molecular formula is C38H45N5. The third-order valence-corrected chi connectivity index (χ3v) is 8.67. The molecule has 1 saturated carbocycles. The van der Waals surface area contributed by atoms with E-state index < -0.39 is 0 Å². The molecule has 5 rings (SSSR count). The largest absolute Gasteiger partial charge is 0.372 e. The summed E-state index contributed by atoms with van der Waals surface area (Å²) in [6.45, 7) is 17.5. The lowest BCUT2D eigenvalue weighted by atomic mass is 9.86. The van der Waals surface area contributed by atoms with Crippen molar-refractivity contribution in [3.63, 3.8) is 0 Å². The zero-order valence-corrected chi connectivity index (χ0v) is 26.4. The van der Waals surface area contributed by atoms with Crippen molar-refractivity contribution in [2.75, 3.05) is 17.7 Å². The van der Waals surface area contributed by atoms with Crippen molar-refractivity contribution < 1.29 is 0 Å². The van der Waals surface area contributed by atoms with Crippen LogP contribution in [0.1, 0.15) is 75.1 Å². The molecule has 1 heterocycles. The van der Waals surface area contributed by atoms with Gasteiger partial charge in [0.05, 0.1) is 5.69 Å². The minimum Gasteiger partial charge on any atom is -0.372 e. The molecular weight excluding hydrogens is 526 g/mol. The lowest BCUT2D eigenvalue weighted by Gasteiger charge is -2.34. The standard InChI is InChI=1S/C38H45N5/c1-26-34(14-11-15-35(26)40-27(2)29-16-20-31(21-17-29)38(4,5)6)36-24-25-39-37(42-36)41-32-22-18-30(19-23-32)28(3)43(7)33-12-9-8-10-13-33/h11,14-25,33,40H,2-3,8-10,12-13H2,1,4-7H3,(H,39,41,42). The minimum atomic E-state index is 0.118.